The molecule has 6 nitrogen and oxygen atoms in total. The Morgan fingerprint density at radius 3 is 2.46 bits per heavy atom. The van der Waals surface area contributed by atoms with Crippen LogP contribution >= 0.6 is 23.2 Å². The number of sulfonamides is 1. The Morgan fingerprint density at radius 1 is 1.11 bits per heavy atom. The number of ether oxygens (including phenoxy) is 1. The molecule has 0 atom stereocenters. The quantitative estimate of drug-likeness (QED) is 0.717. The summed E-state index contributed by atoms with van der Waals surface area (Å²) < 4.78 is 33.0. The van der Waals surface area contributed by atoms with Crippen LogP contribution in [0.5, 0.6) is 5.75 Å². The van der Waals surface area contributed by atoms with Gasteiger partial charge >= 0.3 is 0 Å². The summed E-state index contributed by atoms with van der Waals surface area (Å²) in [5.74, 6) is -0.222. The molecule has 3 rings (SSSR count). The minimum atomic E-state index is -3.74. The molecule has 1 aliphatic rings. The minimum Gasteiger partial charge on any atom is -0.492 e. The fraction of sp³-hybridized carbons (Fsp3) is 0.316. The average molecular weight is 443 g/mol. The molecule has 9 heteroatoms. The first-order chi connectivity index (χ1) is 13.3. The van der Waals surface area contributed by atoms with Gasteiger partial charge in [-0.2, -0.15) is 4.31 Å². The number of anilines is 1. The Bertz CT molecular complexity index is 989. The van der Waals surface area contributed by atoms with Crippen LogP contribution in [-0.4, -0.2) is 38.3 Å². The van der Waals surface area contributed by atoms with Gasteiger partial charge in [0.05, 0.1) is 16.7 Å². The van der Waals surface area contributed by atoms with Crippen LogP contribution in [0.1, 0.15) is 30.1 Å². The van der Waals surface area contributed by atoms with Crippen molar-refractivity contribution in [2.75, 3.05) is 25.0 Å². The van der Waals surface area contributed by atoms with Crippen molar-refractivity contribution in [3.63, 3.8) is 0 Å². The van der Waals surface area contributed by atoms with Crippen molar-refractivity contribution in [3.8, 4) is 5.75 Å². The molecule has 1 N–H and O–H groups in total. The van der Waals surface area contributed by atoms with E-state index < -0.39 is 15.9 Å². The number of nitrogens with zero attached hydrogens (tertiary/aromatic N) is 1. The highest BCUT2D eigenvalue weighted by Gasteiger charge is 2.30. The lowest BCUT2D eigenvalue weighted by Gasteiger charge is -2.19. The van der Waals surface area contributed by atoms with Crippen molar-refractivity contribution < 1.29 is 17.9 Å². The minimum absolute atomic E-state index is 0.00182. The fourth-order valence-corrected chi connectivity index (χ4v) is 4.94. The number of carbonyl (C=O) groups excluding carboxylic acids is 1. The first-order valence-corrected chi connectivity index (χ1v) is 11.1. The van der Waals surface area contributed by atoms with E-state index in [1.54, 1.807) is 19.1 Å². The summed E-state index contributed by atoms with van der Waals surface area (Å²) in [6, 6.07) is 9.10. The fourth-order valence-electron chi connectivity index (χ4n) is 2.97. The molecule has 1 aliphatic heterocycles. The summed E-state index contributed by atoms with van der Waals surface area (Å²) in [4.78, 5) is 12.6. The largest absolute Gasteiger partial charge is 0.492 e. The van der Waals surface area contributed by atoms with Gasteiger partial charge in [-0.05, 0) is 56.2 Å². The normalized spacial score (nSPS) is 14.8. The Morgan fingerprint density at radius 2 is 1.82 bits per heavy atom. The maximum absolute atomic E-state index is 13.0. The van der Waals surface area contributed by atoms with Gasteiger partial charge in [-0.15, -0.1) is 0 Å². The molecular formula is C19H20Cl2N2O4S. The maximum atomic E-state index is 13.0. The van der Waals surface area contributed by atoms with Crippen molar-refractivity contribution >= 4 is 44.8 Å². The summed E-state index contributed by atoms with van der Waals surface area (Å²) in [5, 5.41) is 3.38. The van der Waals surface area contributed by atoms with Gasteiger partial charge in [-0.3, -0.25) is 4.79 Å². The van der Waals surface area contributed by atoms with Crippen molar-refractivity contribution in [1.82, 2.24) is 4.31 Å². The van der Waals surface area contributed by atoms with Crippen LogP contribution in [0.15, 0.2) is 41.3 Å². The molecule has 1 saturated heterocycles. The molecule has 1 fully saturated rings. The van der Waals surface area contributed by atoms with Crippen LogP contribution in [0.25, 0.3) is 0 Å². The van der Waals surface area contributed by atoms with Crippen molar-refractivity contribution in [1.29, 1.82) is 0 Å². The van der Waals surface area contributed by atoms with Gasteiger partial charge in [0, 0.05) is 24.3 Å². The lowest BCUT2D eigenvalue weighted by Crippen LogP contribution is -2.28. The second-order valence-electron chi connectivity index (χ2n) is 6.29. The second-order valence-corrected chi connectivity index (χ2v) is 9.01. The molecule has 0 spiro atoms. The van der Waals surface area contributed by atoms with Gasteiger partial charge in [-0.25, -0.2) is 8.42 Å². The number of amides is 1. The maximum Gasteiger partial charge on any atom is 0.255 e. The molecule has 2 aromatic rings. The first kappa shape index (κ1) is 20.9. The standard InChI is InChI=1S/C19H20Cl2N2O4S/c1-2-27-17-8-5-13(11-18(17)28(25,26)23-9-3-4-10-23)19(24)22-14-6-7-15(20)16(21)12-14/h5-8,11-12H,2-4,9-10H2,1H3,(H,22,24). The molecule has 0 aliphatic carbocycles. The lowest BCUT2D eigenvalue weighted by atomic mass is 10.2. The Hall–Kier alpha value is -1.80. The van der Waals surface area contributed by atoms with Gasteiger partial charge in [0.25, 0.3) is 5.91 Å². The van der Waals surface area contributed by atoms with Crippen LogP contribution in [-0.2, 0) is 10.0 Å². The zero-order valence-electron chi connectivity index (χ0n) is 15.2. The van der Waals surface area contributed by atoms with Crippen molar-refractivity contribution in [2.24, 2.45) is 0 Å². The highest BCUT2D eigenvalue weighted by Crippen LogP contribution is 2.31. The van der Waals surface area contributed by atoms with Gasteiger partial charge < -0.3 is 10.1 Å². The van der Waals surface area contributed by atoms with Crippen LogP contribution < -0.4 is 10.1 Å². The predicted molar refractivity (Wildman–Crippen MR) is 110 cm³/mol. The summed E-state index contributed by atoms with van der Waals surface area (Å²) in [6.45, 7) is 3.02. The summed E-state index contributed by atoms with van der Waals surface area (Å²) >= 11 is 11.9. The first-order valence-electron chi connectivity index (χ1n) is 8.86. The summed E-state index contributed by atoms with van der Waals surface area (Å²) in [7, 11) is -3.74. The molecule has 2 aromatic carbocycles. The summed E-state index contributed by atoms with van der Waals surface area (Å²) in [5.41, 5.74) is 0.657. The molecule has 0 radical (unpaired) electrons. The predicted octanol–water partition coefficient (Wildman–Crippen LogP) is 4.43. The van der Waals surface area contributed by atoms with E-state index in [0.717, 1.165) is 12.8 Å². The van der Waals surface area contributed by atoms with Crippen LogP contribution in [0.3, 0.4) is 0 Å². The Labute approximate surface area is 174 Å². The third-order valence-corrected chi connectivity index (χ3v) is 7.02. The smallest absolute Gasteiger partial charge is 0.255 e. The number of rotatable bonds is 6. The van der Waals surface area contributed by atoms with Crippen LogP contribution in [0.2, 0.25) is 10.0 Å². The SMILES string of the molecule is CCOc1ccc(C(=O)Nc2ccc(Cl)c(Cl)c2)cc1S(=O)(=O)N1CCCC1. The zero-order valence-corrected chi connectivity index (χ0v) is 17.6. The molecule has 0 saturated carbocycles. The summed E-state index contributed by atoms with van der Waals surface area (Å²) in [6.07, 6.45) is 1.64. The monoisotopic (exact) mass is 442 g/mol. The van der Waals surface area contributed by atoms with Crippen LogP contribution in [0, 0.1) is 0 Å². The zero-order chi connectivity index (χ0) is 20.3. The van der Waals surface area contributed by atoms with E-state index in [0.29, 0.717) is 35.4 Å². The number of hydrogen-bond donors (Lipinski definition) is 1. The van der Waals surface area contributed by atoms with E-state index in [-0.39, 0.29) is 16.2 Å². The van der Waals surface area contributed by atoms with Crippen molar-refractivity contribution in [3.05, 3.63) is 52.0 Å². The highest BCUT2D eigenvalue weighted by atomic mass is 35.5. The van der Waals surface area contributed by atoms with E-state index in [9.17, 15) is 13.2 Å². The Balaban J connectivity index is 1.93. The van der Waals surface area contributed by atoms with Gasteiger partial charge in [0.1, 0.15) is 10.6 Å². The third-order valence-electron chi connectivity index (χ3n) is 4.37. The number of carbonyl (C=O) groups is 1. The molecule has 0 aromatic heterocycles. The van der Waals surface area contributed by atoms with E-state index in [4.69, 9.17) is 27.9 Å². The molecule has 1 amide bonds. The second kappa shape index (κ2) is 8.69. The number of nitrogens with one attached hydrogen (secondary N) is 1. The molecule has 150 valence electrons. The van der Waals surface area contributed by atoms with Gasteiger partial charge in [-0.1, -0.05) is 23.2 Å². The highest BCUT2D eigenvalue weighted by molar-refractivity contribution is 7.89. The number of halogens is 2. The van der Waals surface area contributed by atoms with E-state index in [2.05, 4.69) is 5.32 Å². The number of hydrogen-bond acceptors (Lipinski definition) is 4. The van der Waals surface area contributed by atoms with Gasteiger partial charge in [0.15, 0.2) is 0 Å². The van der Waals surface area contributed by atoms with Crippen molar-refractivity contribution in [2.45, 2.75) is 24.7 Å². The lowest BCUT2D eigenvalue weighted by molar-refractivity contribution is 0.102. The van der Waals surface area contributed by atoms with Gasteiger partial charge in [0.2, 0.25) is 10.0 Å². The Kier molecular flexibility index (Phi) is 6.50. The van der Waals surface area contributed by atoms with E-state index in [1.807, 2.05) is 0 Å². The van der Waals surface area contributed by atoms with Crippen LogP contribution in [0.4, 0.5) is 5.69 Å². The molecule has 1 heterocycles. The molecular weight excluding hydrogens is 423 g/mol. The topological polar surface area (TPSA) is 75.7 Å². The molecule has 0 bridgehead atoms. The molecule has 28 heavy (non-hydrogen) atoms. The van der Waals surface area contributed by atoms with E-state index in [1.165, 1.54) is 28.6 Å². The van der Waals surface area contributed by atoms with E-state index >= 15 is 0 Å². The molecule has 0 unspecified atom stereocenters. The third kappa shape index (κ3) is 4.43. The number of benzene rings is 2. The average Bonchev–Trinajstić information content (AvgIpc) is 3.21.